The Kier molecular flexibility index (Phi) is 5.24. The standard InChI is InChI=1S/C23H19ClN6O/c24-18-4-5-19-20(13-18)26-7-6-21(19)30-10-8-29(9-11-30)15-22-27-23(31-28-22)17-3-1-2-16(12-17)14-25/h1-7,12-13H,8-11,15H2. The number of anilines is 1. The van der Waals surface area contributed by atoms with Crippen LogP contribution in [0.3, 0.4) is 0 Å². The maximum absolute atomic E-state index is 9.07. The second-order valence-corrected chi connectivity index (χ2v) is 7.90. The van der Waals surface area contributed by atoms with Crippen molar-refractivity contribution in [2.75, 3.05) is 31.1 Å². The summed E-state index contributed by atoms with van der Waals surface area (Å²) in [5, 5.41) is 15.0. The molecule has 8 heteroatoms. The van der Waals surface area contributed by atoms with Gasteiger partial charge in [0.1, 0.15) is 0 Å². The van der Waals surface area contributed by atoms with E-state index in [9.17, 15) is 0 Å². The molecule has 4 aromatic rings. The van der Waals surface area contributed by atoms with E-state index >= 15 is 0 Å². The number of fused-ring (bicyclic) bond motifs is 1. The van der Waals surface area contributed by atoms with Gasteiger partial charge in [-0.2, -0.15) is 10.2 Å². The molecule has 0 N–H and O–H groups in total. The molecular weight excluding hydrogens is 412 g/mol. The normalized spacial score (nSPS) is 14.6. The summed E-state index contributed by atoms with van der Waals surface area (Å²) in [5.74, 6) is 1.09. The quantitative estimate of drug-likeness (QED) is 0.481. The molecular formula is C23H19ClN6O. The van der Waals surface area contributed by atoms with Crippen LogP contribution in [0.5, 0.6) is 0 Å². The molecule has 2 aromatic carbocycles. The first kappa shape index (κ1) is 19.5. The van der Waals surface area contributed by atoms with Crippen LogP contribution in [0.15, 0.2) is 59.3 Å². The van der Waals surface area contributed by atoms with E-state index < -0.39 is 0 Å². The summed E-state index contributed by atoms with van der Waals surface area (Å²) >= 11 is 6.11. The van der Waals surface area contributed by atoms with Crippen molar-refractivity contribution in [2.45, 2.75) is 6.54 Å². The van der Waals surface area contributed by atoms with Gasteiger partial charge in [0.05, 0.1) is 23.7 Å². The van der Waals surface area contributed by atoms with E-state index in [1.54, 1.807) is 12.1 Å². The molecule has 0 atom stereocenters. The van der Waals surface area contributed by atoms with E-state index in [1.165, 1.54) is 5.69 Å². The minimum atomic E-state index is 0.438. The van der Waals surface area contributed by atoms with Gasteiger partial charge < -0.3 is 9.42 Å². The van der Waals surface area contributed by atoms with Gasteiger partial charge in [-0.25, -0.2) is 0 Å². The summed E-state index contributed by atoms with van der Waals surface area (Å²) < 4.78 is 5.41. The summed E-state index contributed by atoms with van der Waals surface area (Å²) in [6.45, 7) is 4.21. The van der Waals surface area contributed by atoms with Gasteiger partial charge in [-0.05, 0) is 42.5 Å². The molecule has 1 fully saturated rings. The lowest BCUT2D eigenvalue weighted by Crippen LogP contribution is -2.46. The molecule has 0 unspecified atom stereocenters. The predicted molar refractivity (Wildman–Crippen MR) is 119 cm³/mol. The van der Waals surface area contributed by atoms with E-state index in [0.717, 1.165) is 42.6 Å². The maximum Gasteiger partial charge on any atom is 0.258 e. The van der Waals surface area contributed by atoms with E-state index in [1.807, 2.05) is 36.5 Å². The number of aromatic nitrogens is 3. The second kappa shape index (κ2) is 8.34. The SMILES string of the molecule is N#Cc1cccc(-c2nc(CN3CCN(c4ccnc5cc(Cl)ccc45)CC3)no2)c1. The Labute approximate surface area is 184 Å². The number of hydrogen-bond donors (Lipinski definition) is 0. The smallest absolute Gasteiger partial charge is 0.258 e. The molecule has 1 aliphatic heterocycles. The first-order valence-corrected chi connectivity index (χ1v) is 10.4. The fraction of sp³-hybridized carbons (Fsp3) is 0.217. The summed E-state index contributed by atoms with van der Waals surface area (Å²) in [4.78, 5) is 13.6. The molecule has 0 amide bonds. The molecule has 1 aliphatic rings. The summed E-state index contributed by atoms with van der Waals surface area (Å²) in [7, 11) is 0. The van der Waals surface area contributed by atoms with Crippen molar-refractivity contribution in [3.63, 3.8) is 0 Å². The number of halogens is 1. The van der Waals surface area contributed by atoms with E-state index in [2.05, 4.69) is 37.1 Å². The van der Waals surface area contributed by atoms with Crippen LogP contribution in [0.4, 0.5) is 5.69 Å². The molecule has 0 bridgehead atoms. The van der Waals surface area contributed by atoms with Crippen LogP contribution < -0.4 is 4.90 Å². The Hall–Kier alpha value is -3.47. The van der Waals surface area contributed by atoms with Gasteiger partial charge in [0.15, 0.2) is 5.82 Å². The van der Waals surface area contributed by atoms with Crippen molar-refractivity contribution >= 4 is 28.2 Å². The molecule has 2 aromatic heterocycles. The van der Waals surface area contributed by atoms with Crippen LogP contribution >= 0.6 is 11.6 Å². The number of hydrogen-bond acceptors (Lipinski definition) is 7. The lowest BCUT2D eigenvalue weighted by atomic mass is 10.1. The Morgan fingerprint density at radius 2 is 1.94 bits per heavy atom. The Morgan fingerprint density at radius 3 is 2.77 bits per heavy atom. The van der Waals surface area contributed by atoms with Crippen molar-refractivity contribution in [3.8, 4) is 17.5 Å². The molecule has 0 radical (unpaired) electrons. The predicted octanol–water partition coefficient (Wildman–Crippen LogP) is 4.13. The highest BCUT2D eigenvalue weighted by atomic mass is 35.5. The van der Waals surface area contributed by atoms with Crippen molar-refractivity contribution < 1.29 is 4.52 Å². The largest absolute Gasteiger partial charge is 0.368 e. The number of piperazine rings is 1. The second-order valence-electron chi connectivity index (χ2n) is 7.46. The summed E-state index contributed by atoms with van der Waals surface area (Å²) in [6.07, 6.45) is 1.84. The van der Waals surface area contributed by atoms with Crippen LogP contribution in [0, 0.1) is 11.3 Å². The first-order chi connectivity index (χ1) is 15.2. The zero-order valence-electron chi connectivity index (χ0n) is 16.7. The Morgan fingerprint density at radius 1 is 1.06 bits per heavy atom. The third-order valence-corrected chi connectivity index (χ3v) is 5.70. The molecule has 0 aliphatic carbocycles. The number of pyridine rings is 1. The minimum absolute atomic E-state index is 0.438. The van der Waals surface area contributed by atoms with E-state index in [-0.39, 0.29) is 0 Å². The topological polar surface area (TPSA) is 82.1 Å². The van der Waals surface area contributed by atoms with Crippen molar-refractivity contribution in [1.29, 1.82) is 5.26 Å². The molecule has 154 valence electrons. The summed E-state index contributed by atoms with van der Waals surface area (Å²) in [5.41, 5.74) is 3.42. The third-order valence-electron chi connectivity index (χ3n) is 5.47. The fourth-order valence-corrected chi connectivity index (χ4v) is 4.05. The molecule has 1 saturated heterocycles. The van der Waals surface area contributed by atoms with Gasteiger partial charge in [0, 0.05) is 54.0 Å². The molecule has 31 heavy (non-hydrogen) atoms. The van der Waals surface area contributed by atoms with Gasteiger partial charge in [-0.15, -0.1) is 0 Å². The van der Waals surface area contributed by atoms with Crippen LogP contribution in [0.2, 0.25) is 5.02 Å². The van der Waals surface area contributed by atoms with Gasteiger partial charge in [0.2, 0.25) is 0 Å². The number of benzene rings is 2. The van der Waals surface area contributed by atoms with Gasteiger partial charge >= 0.3 is 0 Å². The van der Waals surface area contributed by atoms with Gasteiger partial charge in [-0.3, -0.25) is 9.88 Å². The lowest BCUT2D eigenvalue weighted by Gasteiger charge is -2.36. The highest BCUT2D eigenvalue weighted by Gasteiger charge is 2.21. The highest BCUT2D eigenvalue weighted by Crippen LogP contribution is 2.28. The van der Waals surface area contributed by atoms with Crippen LogP contribution in [0.25, 0.3) is 22.4 Å². The van der Waals surface area contributed by atoms with Crippen LogP contribution in [-0.4, -0.2) is 46.2 Å². The molecule has 0 spiro atoms. The zero-order chi connectivity index (χ0) is 21.2. The number of nitrogens with zero attached hydrogens (tertiary/aromatic N) is 6. The number of nitriles is 1. The molecule has 7 nitrogen and oxygen atoms in total. The lowest BCUT2D eigenvalue weighted by molar-refractivity contribution is 0.240. The molecule has 5 rings (SSSR count). The monoisotopic (exact) mass is 430 g/mol. The average Bonchev–Trinajstić information content (AvgIpc) is 3.27. The van der Waals surface area contributed by atoms with Crippen LogP contribution in [0.1, 0.15) is 11.4 Å². The Bertz CT molecular complexity index is 1270. The van der Waals surface area contributed by atoms with Crippen LogP contribution in [-0.2, 0) is 6.54 Å². The fourth-order valence-electron chi connectivity index (χ4n) is 3.89. The highest BCUT2D eigenvalue weighted by molar-refractivity contribution is 6.31. The third kappa shape index (κ3) is 4.08. The van der Waals surface area contributed by atoms with E-state index in [4.69, 9.17) is 21.4 Å². The van der Waals surface area contributed by atoms with Crippen molar-refractivity contribution in [3.05, 3.63) is 71.1 Å². The molecule has 0 saturated carbocycles. The van der Waals surface area contributed by atoms with Crippen molar-refractivity contribution in [1.82, 2.24) is 20.0 Å². The van der Waals surface area contributed by atoms with Crippen molar-refractivity contribution in [2.24, 2.45) is 0 Å². The van der Waals surface area contributed by atoms with Gasteiger partial charge in [-0.1, -0.05) is 22.8 Å². The number of rotatable bonds is 4. The first-order valence-electron chi connectivity index (χ1n) is 10.0. The Balaban J connectivity index is 1.25. The molecule has 3 heterocycles. The van der Waals surface area contributed by atoms with E-state index in [0.29, 0.717) is 28.8 Å². The summed E-state index contributed by atoms with van der Waals surface area (Å²) in [6, 6.07) is 17.2. The average molecular weight is 431 g/mol. The minimum Gasteiger partial charge on any atom is -0.368 e. The zero-order valence-corrected chi connectivity index (χ0v) is 17.5. The maximum atomic E-state index is 9.07. The van der Waals surface area contributed by atoms with Gasteiger partial charge in [0.25, 0.3) is 5.89 Å².